The maximum Gasteiger partial charge on any atom is 0.227 e. The summed E-state index contributed by atoms with van der Waals surface area (Å²) in [6.07, 6.45) is 2.03. The molecule has 0 bridgehead atoms. The summed E-state index contributed by atoms with van der Waals surface area (Å²) in [6.45, 7) is 2.43. The van der Waals surface area contributed by atoms with Crippen molar-refractivity contribution in [1.82, 2.24) is 4.98 Å². The zero-order valence-electron chi connectivity index (χ0n) is 15.5. The van der Waals surface area contributed by atoms with Gasteiger partial charge in [-0.25, -0.2) is 4.98 Å². The molecule has 4 aromatic rings. The largest absolute Gasteiger partial charge is 0.493 e. The van der Waals surface area contributed by atoms with Gasteiger partial charge in [0, 0.05) is 12.0 Å². The Bertz CT molecular complexity index is 1110. The molecule has 0 atom stereocenters. The van der Waals surface area contributed by atoms with Crippen molar-refractivity contribution in [2.45, 2.75) is 13.3 Å². The Labute approximate surface area is 162 Å². The van der Waals surface area contributed by atoms with Crippen molar-refractivity contribution in [3.8, 4) is 17.2 Å². The highest BCUT2D eigenvalue weighted by Crippen LogP contribution is 2.29. The van der Waals surface area contributed by atoms with Crippen LogP contribution in [0.25, 0.3) is 22.2 Å². The number of nitrogens with zero attached hydrogens (tertiary/aromatic N) is 2. The molecule has 3 aromatic carbocycles. The fraction of sp³-hybridized carbons (Fsp3) is 0.130. The second-order valence-electron chi connectivity index (χ2n) is 6.46. The molecule has 0 saturated carbocycles. The molecule has 0 saturated heterocycles. The van der Waals surface area contributed by atoms with Gasteiger partial charge >= 0.3 is 0 Å². The van der Waals surface area contributed by atoms with Crippen molar-refractivity contribution in [2.75, 3.05) is 6.61 Å². The third-order valence-electron chi connectivity index (χ3n) is 4.61. The lowest BCUT2D eigenvalue weighted by molar-refractivity contribution is 0.319. The van der Waals surface area contributed by atoms with Gasteiger partial charge in [-0.1, -0.05) is 41.6 Å². The Kier molecular flexibility index (Phi) is 5.06. The highest BCUT2D eigenvalue weighted by Gasteiger charge is 2.13. The Hall–Kier alpha value is -3.60. The van der Waals surface area contributed by atoms with Crippen LogP contribution in [0.4, 0.5) is 0 Å². The normalized spacial score (nSPS) is 11.3. The van der Waals surface area contributed by atoms with Crippen molar-refractivity contribution < 1.29 is 14.4 Å². The van der Waals surface area contributed by atoms with Crippen LogP contribution in [0.5, 0.6) is 5.75 Å². The number of hydrogen-bond acceptors (Lipinski definition) is 5. The summed E-state index contributed by atoms with van der Waals surface area (Å²) in [4.78, 5) is 4.71. The molecule has 0 unspecified atom stereocenters. The van der Waals surface area contributed by atoms with E-state index in [4.69, 9.17) is 19.3 Å². The van der Waals surface area contributed by atoms with Crippen molar-refractivity contribution in [1.29, 1.82) is 0 Å². The monoisotopic (exact) mass is 372 g/mol. The van der Waals surface area contributed by atoms with E-state index in [1.165, 1.54) is 6.21 Å². The summed E-state index contributed by atoms with van der Waals surface area (Å²) in [5, 5.41) is 13.8. The second-order valence-corrected chi connectivity index (χ2v) is 6.46. The van der Waals surface area contributed by atoms with Gasteiger partial charge in [0.05, 0.1) is 18.5 Å². The average molecular weight is 372 g/mol. The van der Waals surface area contributed by atoms with E-state index in [9.17, 15) is 0 Å². The van der Waals surface area contributed by atoms with Gasteiger partial charge in [-0.05, 0) is 53.6 Å². The molecular weight excluding hydrogens is 352 g/mol. The Morgan fingerprint density at radius 2 is 1.82 bits per heavy atom. The predicted octanol–water partition coefficient (Wildman–Crippen LogP) is 5.23. The first-order valence-electron chi connectivity index (χ1n) is 9.09. The minimum Gasteiger partial charge on any atom is -0.493 e. The van der Waals surface area contributed by atoms with Crippen LogP contribution in [0.3, 0.4) is 0 Å². The van der Waals surface area contributed by atoms with Crippen molar-refractivity contribution in [3.05, 3.63) is 83.7 Å². The lowest BCUT2D eigenvalue weighted by atomic mass is 10.0. The van der Waals surface area contributed by atoms with Crippen LogP contribution < -0.4 is 4.74 Å². The summed E-state index contributed by atoms with van der Waals surface area (Å²) < 4.78 is 11.7. The fourth-order valence-electron chi connectivity index (χ4n) is 3.17. The summed E-state index contributed by atoms with van der Waals surface area (Å²) >= 11 is 0. The van der Waals surface area contributed by atoms with E-state index in [2.05, 4.69) is 23.4 Å². The number of rotatable bonds is 6. The highest BCUT2D eigenvalue weighted by atomic mass is 16.5. The molecule has 0 aliphatic heterocycles. The molecule has 0 spiro atoms. The number of ether oxygens (including phenoxy) is 1. The third-order valence-corrected chi connectivity index (χ3v) is 4.61. The molecule has 0 aliphatic carbocycles. The molecule has 0 amide bonds. The molecule has 0 radical (unpaired) electrons. The summed E-state index contributed by atoms with van der Waals surface area (Å²) in [7, 11) is 0. The van der Waals surface area contributed by atoms with E-state index < -0.39 is 0 Å². The number of hydrogen-bond donors (Lipinski definition) is 1. The highest BCUT2D eigenvalue weighted by molar-refractivity contribution is 5.94. The lowest BCUT2D eigenvalue weighted by Crippen LogP contribution is -2.02. The minimum atomic E-state index is 0.496. The first-order valence-corrected chi connectivity index (χ1v) is 9.09. The zero-order valence-corrected chi connectivity index (χ0v) is 15.5. The van der Waals surface area contributed by atoms with Gasteiger partial charge in [0.15, 0.2) is 0 Å². The zero-order chi connectivity index (χ0) is 19.3. The van der Waals surface area contributed by atoms with Crippen LogP contribution >= 0.6 is 0 Å². The van der Waals surface area contributed by atoms with Gasteiger partial charge in [-0.2, -0.15) is 0 Å². The number of benzene rings is 3. The standard InChI is InChI=1S/C23H20N2O3/c1-16-22(13-14-27-19-11-9-17(10-12-19)15-24-26)25-23(28-16)21-8-4-6-18-5-2-3-7-20(18)21/h2-12,15,26H,13-14H2,1H3/b24-15+. The van der Waals surface area contributed by atoms with Crippen LogP contribution in [0.15, 0.2) is 76.3 Å². The van der Waals surface area contributed by atoms with Gasteiger partial charge < -0.3 is 14.4 Å². The Morgan fingerprint density at radius 1 is 1.04 bits per heavy atom. The first kappa shape index (κ1) is 17.8. The van der Waals surface area contributed by atoms with Crippen LogP contribution in [0.2, 0.25) is 0 Å². The van der Waals surface area contributed by atoms with E-state index in [0.29, 0.717) is 18.9 Å². The van der Waals surface area contributed by atoms with E-state index in [-0.39, 0.29) is 0 Å². The molecule has 1 N–H and O–H groups in total. The summed E-state index contributed by atoms with van der Waals surface area (Å²) in [5.74, 6) is 2.20. The van der Waals surface area contributed by atoms with Gasteiger partial charge in [0.2, 0.25) is 5.89 Å². The van der Waals surface area contributed by atoms with Crippen LogP contribution in [-0.2, 0) is 6.42 Å². The molecule has 140 valence electrons. The molecular formula is C23H20N2O3. The van der Waals surface area contributed by atoms with E-state index >= 15 is 0 Å². The van der Waals surface area contributed by atoms with Gasteiger partial charge in [0.1, 0.15) is 11.5 Å². The number of oxime groups is 1. The van der Waals surface area contributed by atoms with Crippen molar-refractivity contribution >= 4 is 17.0 Å². The number of aromatic nitrogens is 1. The summed E-state index contributed by atoms with van der Waals surface area (Å²) in [6, 6.07) is 21.7. The molecule has 1 aromatic heterocycles. The van der Waals surface area contributed by atoms with Crippen LogP contribution in [-0.4, -0.2) is 23.0 Å². The van der Waals surface area contributed by atoms with Crippen LogP contribution in [0, 0.1) is 6.92 Å². The maximum atomic E-state index is 8.55. The molecule has 0 aliphatic rings. The minimum absolute atomic E-state index is 0.496. The van der Waals surface area contributed by atoms with E-state index in [0.717, 1.165) is 39.1 Å². The molecule has 5 nitrogen and oxygen atoms in total. The molecule has 5 heteroatoms. The van der Waals surface area contributed by atoms with E-state index in [1.54, 1.807) is 0 Å². The van der Waals surface area contributed by atoms with Gasteiger partial charge in [-0.3, -0.25) is 0 Å². The molecule has 0 fully saturated rings. The van der Waals surface area contributed by atoms with Gasteiger partial charge in [-0.15, -0.1) is 0 Å². The quantitative estimate of drug-likeness (QED) is 0.286. The third kappa shape index (κ3) is 3.74. The fourth-order valence-corrected chi connectivity index (χ4v) is 3.17. The second kappa shape index (κ2) is 7.96. The predicted molar refractivity (Wildman–Crippen MR) is 109 cm³/mol. The number of oxazole rings is 1. The van der Waals surface area contributed by atoms with Crippen LogP contribution in [0.1, 0.15) is 17.0 Å². The smallest absolute Gasteiger partial charge is 0.227 e. The van der Waals surface area contributed by atoms with Crippen molar-refractivity contribution in [3.63, 3.8) is 0 Å². The Balaban J connectivity index is 1.47. The van der Waals surface area contributed by atoms with Gasteiger partial charge in [0.25, 0.3) is 0 Å². The Morgan fingerprint density at radius 3 is 2.64 bits per heavy atom. The number of fused-ring (bicyclic) bond motifs is 1. The summed E-state index contributed by atoms with van der Waals surface area (Å²) in [5.41, 5.74) is 2.70. The SMILES string of the molecule is Cc1oc(-c2cccc3ccccc23)nc1CCOc1ccc(/C=N/O)cc1. The average Bonchev–Trinajstić information content (AvgIpc) is 3.09. The topological polar surface area (TPSA) is 67.9 Å². The molecule has 1 heterocycles. The molecule has 28 heavy (non-hydrogen) atoms. The lowest BCUT2D eigenvalue weighted by Gasteiger charge is -2.05. The van der Waals surface area contributed by atoms with E-state index in [1.807, 2.05) is 55.5 Å². The van der Waals surface area contributed by atoms with Crippen molar-refractivity contribution in [2.24, 2.45) is 5.16 Å². The number of aryl methyl sites for hydroxylation is 1. The maximum absolute atomic E-state index is 8.55. The first-order chi connectivity index (χ1) is 13.7. The molecule has 4 rings (SSSR count).